The summed E-state index contributed by atoms with van der Waals surface area (Å²) in [4.78, 5) is 2.65. The Labute approximate surface area is 116 Å². The lowest BCUT2D eigenvalue weighted by molar-refractivity contribution is 0.129. The van der Waals surface area contributed by atoms with Crippen molar-refractivity contribution < 1.29 is 0 Å². The highest BCUT2D eigenvalue weighted by molar-refractivity contribution is 5.13. The number of aryl methyl sites for hydroxylation is 2. The molecule has 2 aliphatic rings. The first kappa shape index (κ1) is 13.1. The summed E-state index contributed by atoms with van der Waals surface area (Å²) >= 11 is 0. The molecular formula is C15H26N4. The third-order valence-electron chi connectivity index (χ3n) is 5.26. The topological polar surface area (TPSA) is 33.1 Å². The lowest BCUT2D eigenvalue weighted by atomic mass is 9.85. The van der Waals surface area contributed by atoms with Gasteiger partial charge in [0.25, 0.3) is 0 Å². The third-order valence-corrected chi connectivity index (χ3v) is 5.26. The smallest absolute Gasteiger partial charge is 0.0625 e. The maximum Gasteiger partial charge on any atom is 0.0625 e. The van der Waals surface area contributed by atoms with E-state index in [4.69, 9.17) is 0 Å². The number of hydrogen-bond acceptors (Lipinski definition) is 3. The van der Waals surface area contributed by atoms with Gasteiger partial charge in [-0.05, 0) is 44.7 Å². The molecular weight excluding hydrogens is 236 g/mol. The summed E-state index contributed by atoms with van der Waals surface area (Å²) in [6.07, 6.45) is 1.02. The third kappa shape index (κ3) is 2.11. The second-order valence-corrected chi connectivity index (χ2v) is 6.66. The molecule has 2 saturated heterocycles. The first-order valence-corrected chi connectivity index (χ1v) is 7.50. The monoisotopic (exact) mass is 262 g/mol. The van der Waals surface area contributed by atoms with Crippen molar-refractivity contribution in [1.82, 2.24) is 20.0 Å². The quantitative estimate of drug-likeness (QED) is 0.894. The van der Waals surface area contributed by atoms with Crippen molar-refractivity contribution in [2.75, 3.05) is 19.6 Å². The largest absolute Gasteiger partial charge is 0.316 e. The molecule has 0 saturated carbocycles. The van der Waals surface area contributed by atoms with E-state index in [2.05, 4.69) is 53.9 Å². The Kier molecular flexibility index (Phi) is 3.18. The second kappa shape index (κ2) is 4.60. The molecule has 1 N–H and O–H groups in total. The van der Waals surface area contributed by atoms with Crippen molar-refractivity contribution in [3.8, 4) is 0 Å². The predicted molar refractivity (Wildman–Crippen MR) is 76.9 cm³/mol. The molecule has 0 amide bonds. The normalized spacial score (nSPS) is 29.9. The highest BCUT2D eigenvalue weighted by atomic mass is 15.3. The van der Waals surface area contributed by atoms with Crippen LogP contribution < -0.4 is 5.32 Å². The van der Waals surface area contributed by atoms with Crippen LogP contribution in [0.25, 0.3) is 0 Å². The van der Waals surface area contributed by atoms with E-state index in [9.17, 15) is 0 Å². The van der Waals surface area contributed by atoms with Gasteiger partial charge in [-0.1, -0.05) is 6.92 Å². The van der Waals surface area contributed by atoms with Crippen molar-refractivity contribution >= 4 is 0 Å². The Hall–Kier alpha value is -0.870. The molecule has 1 aromatic heterocycles. The van der Waals surface area contributed by atoms with Crippen LogP contribution in [0.1, 0.15) is 32.2 Å². The van der Waals surface area contributed by atoms with Gasteiger partial charge in [-0.2, -0.15) is 5.10 Å². The maximum absolute atomic E-state index is 4.57. The first-order chi connectivity index (χ1) is 9.02. The summed E-state index contributed by atoms with van der Waals surface area (Å²) in [5, 5.41) is 8.11. The summed E-state index contributed by atoms with van der Waals surface area (Å²) in [7, 11) is 2.07. The van der Waals surface area contributed by atoms with Crippen LogP contribution in [0.15, 0.2) is 6.07 Å². The molecule has 4 heteroatoms. The fraction of sp³-hybridized carbons (Fsp3) is 0.800. The summed E-state index contributed by atoms with van der Waals surface area (Å²) in [6.45, 7) is 11.6. The van der Waals surface area contributed by atoms with Crippen molar-refractivity contribution in [3.05, 3.63) is 17.5 Å². The predicted octanol–water partition coefficient (Wildman–Crippen LogP) is 1.41. The minimum atomic E-state index is 0.296. The van der Waals surface area contributed by atoms with Crippen LogP contribution in [-0.4, -0.2) is 39.9 Å². The van der Waals surface area contributed by atoms with Gasteiger partial charge in [0.05, 0.1) is 11.4 Å². The molecule has 106 valence electrons. The Morgan fingerprint density at radius 2 is 2.21 bits per heavy atom. The van der Waals surface area contributed by atoms with Crippen LogP contribution in [0.2, 0.25) is 0 Å². The molecule has 1 aromatic rings. The average molecular weight is 262 g/mol. The van der Waals surface area contributed by atoms with Crippen LogP contribution in [0.3, 0.4) is 0 Å². The molecule has 2 aliphatic heterocycles. The lowest BCUT2D eigenvalue weighted by Gasteiger charge is -2.35. The van der Waals surface area contributed by atoms with E-state index in [1.165, 1.54) is 31.0 Å². The number of aromatic nitrogens is 2. The van der Waals surface area contributed by atoms with Gasteiger partial charge < -0.3 is 5.32 Å². The molecule has 0 aromatic carbocycles. The number of rotatable bonds is 3. The van der Waals surface area contributed by atoms with Gasteiger partial charge in [0.2, 0.25) is 0 Å². The van der Waals surface area contributed by atoms with Crippen LogP contribution in [0.5, 0.6) is 0 Å². The highest BCUT2D eigenvalue weighted by Crippen LogP contribution is 2.41. The van der Waals surface area contributed by atoms with Crippen LogP contribution in [0, 0.1) is 11.8 Å². The zero-order valence-electron chi connectivity index (χ0n) is 12.6. The van der Waals surface area contributed by atoms with Crippen LogP contribution in [0.4, 0.5) is 0 Å². The number of nitrogens with zero attached hydrogens (tertiary/aromatic N) is 3. The van der Waals surface area contributed by atoms with Crippen molar-refractivity contribution in [2.24, 2.45) is 18.9 Å². The van der Waals surface area contributed by atoms with Gasteiger partial charge in [-0.15, -0.1) is 0 Å². The summed E-state index contributed by atoms with van der Waals surface area (Å²) in [5.74, 6) is 1.63. The van der Waals surface area contributed by atoms with E-state index in [-0.39, 0.29) is 0 Å². The minimum absolute atomic E-state index is 0.296. The molecule has 2 fully saturated rings. The van der Waals surface area contributed by atoms with Gasteiger partial charge in [-0.25, -0.2) is 0 Å². The van der Waals surface area contributed by atoms with E-state index in [0.29, 0.717) is 5.54 Å². The Balaban J connectivity index is 1.78. The summed E-state index contributed by atoms with van der Waals surface area (Å²) in [6, 6.07) is 2.27. The standard InChI is InChI=1S/C15H26N4/c1-5-12-6-13(18(4)17-12)10-19-9-11-7-16-8-14(11)15(19,2)3/h6,11,14,16H,5,7-10H2,1-4H3. The van der Waals surface area contributed by atoms with Gasteiger partial charge in [0, 0.05) is 32.2 Å². The maximum atomic E-state index is 4.57. The number of nitrogens with one attached hydrogen (secondary N) is 1. The van der Waals surface area contributed by atoms with E-state index in [1.807, 2.05) is 0 Å². The fourth-order valence-electron chi connectivity index (χ4n) is 3.86. The summed E-state index contributed by atoms with van der Waals surface area (Å²) < 4.78 is 2.06. The molecule has 0 spiro atoms. The van der Waals surface area contributed by atoms with Crippen LogP contribution >= 0.6 is 0 Å². The Morgan fingerprint density at radius 1 is 1.42 bits per heavy atom. The Morgan fingerprint density at radius 3 is 2.84 bits per heavy atom. The molecule has 19 heavy (non-hydrogen) atoms. The fourth-order valence-corrected chi connectivity index (χ4v) is 3.86. The molecule has 3 heterocycles. The first-order valence-electron chi connectivity index (χ1n) is 7.50. The van der Waals surface area contributed by atoms with Gasteiger partial charge in [-0.3, -0.25) is 9.58 Å². The number of fused-ring (bicyclic) bond motifs is 1. The molecule has 4 nitrogen and oxygen atoms in total. The molecule has 0 bridgehead atoms. The van der Waals surface area contributed by atoms with Gasteiger partial charge in [0.15, 0.2) is 0 Å². The molecule has 2 atom stereocenters. The minimum Gasteiger partial charge on any atom is -0.316 e. The Bertz CT molecular complexity index is 463. The van der Waals surface area contributed by atoms with E-state index in [0.717, 1.165) is 24.8 Å². The SMILES string of the molecule is CCc1cc(CN2CC3CNCC3C2(C)C)n(C)n1. The van der Waals surface area contributed by atoms with E-state index < -0.39 is 0 Å². The summed E-state index contributed by atoms with van der Waals surface area (Å²) in [5.41, 5.74) is 2.85. The zero-order chi connectivity index (χ0) is 13.6. The van der Waals surface area contributed by atoms with Gasteiger partial charge in [0.1, 0.15) is 0 Å². The van der Waals surface area contributed by atoms with Crippen molar-refractivity contribution in [1.29, 1.82) is 0 Å². The highest BCUT2D eigenvalue weighted by Gasteiger charge is 2.49. The molecule has 0 radical (unpaired) electrons. The second-order valence-electron chi connectivity index (χ2n) is 6.66. The lowest BCUT2D eigenvalue weighted by Crippen LogP contribution is -2.44. The number of likely N-dealkylation sites (tertiary alicyclic amines) is 1. The van der Waals surface area contributed by atoms with E-state index in [1.54, 1.807) is 0 Å². The molecule has 3 rings (SSSR count). The molecule has 2 unspecified atom stereocenters. The zero-order valence-corrected chi connectivity index (χ0v) is 12.6. The van der Waals surface area contributed by atoms with Crippen molar-refractivity contribution in [3.63, 3.8) is 0 Å². The number of hydrogen-bond donors (Lipinski definition) is 1. The van der Waals surface area contributed by atoms with E-state index >= 15 is 0 Å². The van der Waals surface area contributed by atoms with Crippen LogP contribution in [-0.2, 0) is 20.0 Å². The molecule has 0 aliphatic carbocycles. The average Bonchev–Trinajstić information content (AvgIpc) is 3.00. The van der Waals surface area contributed by atoms with Crippen molar-refractivity contribution in [2.45, 2.75) is 39.3 Å². The van der Waals surface area contributed by atoms with Gasteiger partial charge >= 0.3 is 0 Å².